The quantitative estimate of drug-likeness (QED) is 0.526. The van der Waals surface area contributed by atoms with Crippen LogP contribution < -0.4 is 0 Å². The smallest absolute Gasteiger partial charge is 0.0386 e. The minimum absolute atomic E-state index is 1.07. The van der Waals surface area contributed by atoms with Crippen LogP contribution in [-0.4, -0.2) is 0 Å². The molecule has 0 spiro atoms. The Morgan fingerprint density at radius 3 is 2.50 bits per heavy atom. The van der Waals surface area contributed by atoms with Crippen molar-refractivity contribution in [3.8, 4) is 0 Å². The van der Waals surface area contributed by atoms with Gasteiger partial charge in [0.05, 0.1) is 0 Å². The van der Waals surface area contributed by atoms with E-state index >= 15 is 0 Å². The molecule has 8 heavy (non-hydrogen) atoms. The van der Waals surface area contributed by atoms with E-state index in [0.29, 0.717) is 0 Å². The maximum Gasteiger partial charge on any atom is -0.0386 e. The second-order valence-corrected chi connectivity index (χ2v) is 3.12. The van der Waals surface area contributed by atoms with Gasteiger partial charge in [-0.2, -0.15) is 0 Å². The molecule has 0 amide bonds. The highest BCUT2D eigenvalue weighted by Crippen LogP contribution is 2.41. The van der Waals surface area contributed by atoms with E-state index in [2.05, 4.69) is 13.8 Å². The van der Waals surface area contributed by atoms with Crippen molar-refractivity contribution in [2.45, 2.75) is 39.5 Å². The fourth-order valence-corrected chi connectivity index (χ4v) is 1.27. The first kappa shape index (κ1) is 6.12. The molecule has 48 valence electrons. The monoisotopic (exact) mass is 112 g/mol. The van der Waals surface area contributed by atoms with Crippen LogP contribution in [0.15, 0.2) is 0 Å². The number of rotatable bonds is 3. The lowest BCUT2D eigenvalue weighted by Crippen LogP contribution is -1.77. The standard InChI is InChI=1S/C8H16/c1-3-4-5-8-6-7(8)2/h7-8H,3-6H2,1-2H3/t7-,8+/m0/s1. The third-order valence-corrected chi connectivity index (χ3v) is 2.20. The minimum Gasteiger partial charge on any atom is -0.0654 e. The molecule has 2 atom stereocenters. The highest BCUT2D eigenvalue weighted by Gasteiger charge is 2.30. The summed E-state index contributed by atoms with van der Waals surface area (Å²) in [6.07, 6.45) is 5.84. The van der Waals surface area contributed by atoms with E-state index in [1.165, 1.54) is 25.7 Å². The first-order chi connectivity index (χ1) is 3.84. The van der Waals surface area contributed by atoms with Gasteiger partial charge >= 0.3 is 0 Å². The normalized spacial score (nSPS) is 35.2. The summed E-state index contributed by atoms with van der Waals surface area (Å²) in [5.74, 6) is 2.19. The Balaban J connectivity index is 1.89. The molecule has 0 aromatic rings. The lowest BCUT2D eigenvalue weighted by molar-refractivity contribution is 0.620. The van der Waals surface area contributed by atoms with Gasteiger partial charge in [0.1, 0.15) is 0 Å². The Bertz CT molecular complexity index is 66.4. The largest absolute Gasteiger partial charge is 0.0654 e. The molecule has 1 saturated carbocycles. The predicted octanol–water partition coefficient (Wildman–Crippen LogP) is 2.83. The highest BCUT2D eigenvalue weighted by atomic mass is 14.4. The Labute approximate surface area is 52.3 Å². The van der Waals surface area contributed by atoms with Crippen molar-refractivity contribution in [1.82, 2.24) is 0 Å². The van der Waals surface area contributed by atoms with Gasteiger partial charge in [0.15, 0.2) is 0 Å². The maximum absolute atomic E-state index is 2.36. The molecule has 0 radical (unpaired) electrons. The fourth-order valence-electron chi connectivity index (χ4n) is 1.27. The van der Waals surface area contributed by atoms with Crippen LogP contribution in [0.2, 0.25) is 0 Å². The summed E-state index contributed by atoms with van der Waals surface area (Å²) in [5.41, 5.74) is 0. The van der Waals surface area contributed by atoms with Crippen molar-refractivity contribution in [1.29, 1.82) is 0 Å². The molecule has 0 unspecified atom stereocenters. The zero-order valence-corrected chi connectivity index (χ0v) is 5.98. The first-order valence-electron chi connectivity index (χ1n) is 3.84. The third kappa shape index (κ3) is 1.50. The van der Waals surface area contributed by atoms with Gasteiger partial charge in [-0.05, 0) is 18.3 Å². The molecule has 0 saturated heterocycles. The molecule has 0 heteroatoms. The second kappa shape index (κ2) is 2.52. The van der Waals surface area contributed by atoms with Gasteiger partial charge in [-0.15, -0.1) is 0 Å². The Kier molecular flexibility index (Phi) is 1.93. The summed E-state index contributed by atoms with van der Waals surface area (Å²) >= 11 is 0. The van der Waals surface area contributed by atoms with Crippen molar-refractivity contribution < 1.29 is 0 Å². The van der Waals surface area contributed by atoms with Gasteiger partial charge in [-0.25, -0.2) is 0 Å². The van der Waals surface area contributed by atoms with Crippen LogP contribution in [-0.2, 0) is 0 Å². The molecule has 1 rings (SSSR count). The number of hydrogen-bond acceptors (Lipinski definition) is 0. The van der Waals surface area contributed by atoms with E-state index in [1.54, 1.807) is 0 Å². The zero-order chi connectivity index (χ0) is 5.98. The van der Waals surface area contributed by atoms with E-state index in [1.807, 2.05) is 0 Å². The highest BCUT2D eigenvalue weighted by molar-refractivity contribution is 4.81. The van der Waals surface area contributed by atoms with Gasteiger partial charge in [0, 0.05) is 0 Å². The van der Waals surface area contributed by atoms with Crippen molar-refractivity contribution in [3.63, 3.8) is 0 Å². The van der Waals surface area contributed by atoms with Gasteiger partial charge in [0.2, 0.25) is 0 Å². The summed E-state index contributed by atoms with van der Waals surface area (Å²) in [6, 6.07) is 0. The molecule has 1 aliphatic carbocycles. The summed E-state index contributed by atoms with van der Waals surface area (Å²) in [4.78, 5) is 0. The molecule has 0 heterocycles. The summed E-state index contributed by atoms with van der Waals surface area (Å²) in [6.45, 7) is 4.63. The van der Waals surface area contributed by atoms with Gasteiger partial charge in [-0.3, -0.25) is 0 Å². The summed E-state index contributed by atoms with van der Waals surface area (Å²) < 4.78 is 0. The van der Waals surface area contributed by atoms with Crippen molar-refractivity contribution in [3.05, 3.63) is 0 Å². The molecule has 0 bridgehead atoms. The molecule has 0 aromatic heterocycles. The molecule has 0 nitrogen and oxygen atoms in total. The Morgan fingerprint density at radius 1 is 1.50 bits per heavy atom. The van der Waals surface area contributed by atoms with E-state index in [0.717, 1.165) is 11.8 Å². The van der Waals surface area contributed by atoms with Crippen molar-refractivity contribution in [2.24, 2.45) is 11.8 Å². The SMILES string of the molecule is CCCC[C@@H]1C[C@@H]1C. The molecule has 0 aliphatic heterocycles. The van der Waals surface area contributed by atoms with Gasteiger partial charge in [0.25, 0.3) is 0 Å². The van der Waals surface area contributed by atoms with Crippen LogP contribution >= 0.6 is 0 Å². The lowest BCUT2D eigenvalue weighted by atomic mass is 10.2. The van der Waals surface area contributed by atoms with E-state index in [-0.39, 0.29) is 0 Å². The second-order valence-electron chi connectivity index (χ2n) is 3.12. The van der Waals surface area contributed by atoms with Crippen molar-refractivity contribution in [2.75, 3.05) is 0 Å². The summed E-state index contributed by atoms with van der Waals surface area (Å²) in [7, 11) is 0. The van der Waals surface area contributed by atoms with Crippen LogP contribution in [0, 0.1) is 11.8 Å². The minimum atomic E-state index is 1.07. The Morgan fingerprint density at radius 2 is 2.12 bits per heavy atom. The average molecular weight is 112 g/mol. The number of hydrogen-bond donors (Lipinski definition) is 0. The molecule has 1 fully saturated rings. The van der Waals surface area contributed by atoms with Crippen LogP contribution in [0.4, 0.5) is 0 Å². The predicted molar refractivity (Wildman–Crippen MR) is 36.8 cm³/mol. The molecule has 1 aliphatic rings. The average Bonchev–Trinajstić information content (AvgIpc) is 2.42. The summed E-state index contributed by atoms with van der Waals surface area (Å²) in [5, 5.41) is 0. The molecule has 0 N–H and O–H groups in total. The van der Waals surface area contributed by atoms with E-state index < -0.39 is 0 Å². The first-order valence-corrected chi connectivity index (χ1v) is 3.84. The van der Waals surface area contributed by atoms with Gasteiger partial charge in [-0.1, -0.05) is 33.1 Å². The molecular formula is C8H16. The number of unbranched alkanes of at least 4 members (excludes halogenated alkanes) is 1. The van der Waals surface area contributed by atoms with Crippen LogP contribution in [0.25, 0.3) is 0 Å². The van der Waals surface area contributed by atoms with Crippen LogP contribution in [0.3, 0.4) is 0 Å². The van der Waals surface area contributed by atoms with Crippen molar-refractivity contribution >= 4 is 0 Å². The van der Waals surface area contributed by atoms with E-state index in [4.69, 9.17) is 0 Å². The third-order valence-electron chi connectivity index (χ3n) is 2.20. The van der Waals surface area contributed by atoms with Gasteiger partial charge < -0.3 is 0 Å². The maximum atomic E-state index is 2.36. The Hall–Kier alpha value is 0. The lowest BCUT2D eigenvalue weighted by Gasteiger charge is -1.91. The molecular weight excluding hydrogens is 96.1 g/mol. The topological polar surface area (TPSA) is 0 Å². The van der Waals surface area contributed by atoms with Crippen LogP contribution in [0.5, 0.6) is 0 Å². The fraction of sp³-hybridized carbons (Fsp3) is 1.00. The zero-order valence-electron chi connectivity index (χ0n) is 5.98. The van der Waals surface area contributed by atoms with E-state index in [9.17, 15) is 0 Å². The van der Waals surface area contributed by atoms with Crippen LogP contribution in [0.1, 0.15) is 39.5 Å². The molecule has 0 aromatic carbocycles.